The van der Waals surface area contributed by atoms with Gasteiger partial charge >= 0.3 is 0 Å². The number of carbonyl (C=O) groups is 1. The molecule has 32 heavy (non-hydrogen) atoms. The Morgan fingerprint density at radius 2 is 1.75 bits per heavy atom. The first-order valence-electron chi connectivity index (χ1n) is 11.1. The summed E-state index contributed by atoms with van der Waals surface area (Å²) in [5.74, 6) is 0.0280. The number of fused-ring (bicyclic) bond motifs is 2. The predicted molar refractivity (Wildman–Crippen MR) is 128 cm³/mol. The van der Waals surface area contributed by atoms with E-state index in [2.05, 4.69) is 10.4 Å². The van der Waals surface area contributed by atoms with Gasteiger partial charge in [-0.25, -0.2) is 9.97 Å². The number of anilines is 1. The molecule has 0 unspecified atom stereocenters. The van der Waals surface area contributed by atoms with Crippen LogP contribution in [0.5, 0.6) is 0 Å². The van der Waals surface area contributed by atoms with E-state index in [-0.39, 0.29) is 17.8 Å². The lowest BCUT2D eigenvalue weighted by molar-refractivity contribution is 0.0930. The minimum atomic E-state index is -0.215. The van der Waals surface area contributed by atoms with Gasteiger partial charge in [0, 0.05) is 6.04 Å². The number of aromatic nitrogens is 3. The highest BCUT2D eigenvalue weighted by Gasteiger charge is 2.26. The molecule has 0 bridgehead atoms. The van der Waals surface area contributed by atoms with E-state index in [4.69, 9.17) is 15.7 Å². The summed E-state index contributed by atoms with van der Waals surface area (Å²) in [5, 5.41) is 7.73. The number of para-hydroxylation sites is 2. The molecule has 1 aliphatic rings. The number of nitrogens with zero attached hydrogens (tertiary/aromatic N) is 4. The van der Waals surface area contributed by atoms with Crippen molar-refractivity contribution in [3.05, 3.63) is 65.2 Å². The normalized spacial score (nSPS) is 15.0. The number of hydrogen-bond acceptors (Lipinski definition) is 5. The average Bonchev–Trinajstić information content (AvgIpc) is 3.08. The molecule has 5 rings (SSSR count). The van der Waals surface area contributed by atoms with Gasteiger partial charge in [0.05, 0.1) is 17.2 Å². The van der Waals surface area contributed by atoms with Gasteiger partial charge in [-0.2, -0.15) is 9.78 Å². The van der Waals surface area contributed by atoms with Crippen molar-refractivity contribution < 1.29 is 4.79 Å². The molecule has 162 valence electrons. The second-order valence-corrected chi connectivity index (χ2v) is 8.42. The molecule has 1 fully saturated rings. The molecule has 2 aromatic heterocycles. The zero-order valence-electron chi connectivity index (χ0n) is 18.1. The molecule has 0 atom stereocenters. The van der Waals surface area contributed by atoms with Crippen molar-refractivity contribution in [2.75, 3.05) is 5.73 Å². The molecule has 7 heteroatoms. The fourth-order valence-corrected chi connectivity index (χ4v) is 4.27. The SMILES string of the molecule is Cc1ccc(C=Nn2c(N)c(C(=O)NC3CCCCC3)c3nc4ccccc4nc32)cc1. The third kappa shape index (κ3) is 3.82. The van der Waals surface area contributed by atoms with E-state index in [1.165, 1.54) is 16.7 Å². The van der Waals surface area contributed by atoms with Crippen LogP contribution in [0, 0.1) is 6.92 Å². The number of amides is 1. The zero-order valence-corrected chi connectivity index (χ0v) is 18.1. The van der Waals surface area contributed by atoms with Gasteiger partial charge in [-0.05, 0) is 37.5 Å². The Kier molecular flexibility index (Phi) is 5.31. The fraction of sp³-hybridized carbons (Fsp3) is 0.280. The molecule has 0 spiro atoms. The quantitative estimate of drug-likeness (QED) is 0.472. The van der Waals surface area contributed by atoms with Crippen molar-refractivity contribution in [1.29, 1.82) is 0 Å². The lowest BCUT2D eigenvalue weighted by Gasteiger charge is -2.22. The molecule has 2 heterocycles. The van der Waals surface area contributed by atoms with Gasteiger partial charge in [-0.1, -0.05) is 61.2 Å². The van der Waals surface area contributed by atoms with Crippen molar-refractivity contribution in [2.45, 2.75) is 45.1 Å². The van der Waals surface area contributed by atoms with Crippen LogP contribution in [0.4, 0.5) is 5.82 Å². The first-order chi connectivity index (χ1) is 15.6. The maximum Gasteiger partial charge on any atom is 0.257 e. The van der Waals surface area contributed by atoms with Crippen LogP contribution in [0.15, 0.2) is 53.6 Å². The third-order valence-electron chi connectivity index (χ3n) is 6.04. The number of nitrogen functional groups attached to an aromatic ring is 1. The number of nitrogens with one attached hydrogen (secondary N) is 1. The van der Waals surface area contributed by atoms with E-state index in [9.17, 15) is 4.79 Å². The third-order valence-corrected chi connectivity index (χ3v) is 6.04. The van der Waals surface area contributed by atoms with Crippen molar-refractivity contribution in [3.8, 4) is 0 Å². The number of rotatable bonds is 4. The number of carbonyl (C=O) groups excluding carboxylic acids is 1. The summed E-state index contributed by atoms with van der Waals surface area (Å²) in [4.78, 5) is 22.8. The smallest absolute Gasteiger partial charge is 0.257 e. The van der Waals surface area contributed by atoms with E-state index >= 15 is 0 Å². The van der Waals surface area contributed by atoms with Gasteiger partial charge in [0.15, 0.2) is 5.65 Å². The van der Waals surface area contributed by atoms with Crippen molar-refractivity contribution in [2.24, 2.45) is 5.10 Å². The topological polar surface area (TPSA) is 98.2 Å². The maximum absolute atomic E-state index is 13.3. The molecule has 0 radical (unpaired) electrons. The zero-order chi connectivity index (χ0) is 22.1. The Balaban J connectivity index is 1.61. The summed E-state index contributed by atoms with van der Waals surface area (Å²) >= 11 is 0. The number of aryl methyl sites for hydroxylation is 1. The first-order valence-corrected chi connectivity index (χ1v) is 11.1. The van der Waals surface area contributed by atoms with Crippen LogP contribution in [0.2, 0.25) is 0 Å². The van der Waals surface area contributed by atoms with E-state index in [0.717, 1.165) is 36.8 Å². The van der Waals surface area contributed by atoms with Crippen LogP contribution < -0.4 is 11.1 Å². The largest absolute Gasteiger partial charge is 0.383 e. The first kappa shape index (κ1) is 20.2. The van der Waals surface area contributed by atoms with Gasteiger partial charge in [-0.3, -0.25) is 4.79 Å². The van der Waals surface area contributed by atoms with Crippen LogP contribution in [0.3, 0.4) is 0 Å². The Morgan fingerprint density at radius 1 is 1.06 bits per heavy atom. The summed E-state index contributed by atoms with van der Waals surface area (Å²) < 4.78 is 1.52. The van der Waals surface area contributed by atoms with Crippen molar-refractivity contribution >= 4 is 40.1 Å². The monoisotopic (exact) mass is 426 g/mol. The van der Waals surface area contributed by atoms with Gasteiger partial charge in [0.2, 0.25) is 0 Å². The van der Waals surface area contributed by atoms with Crippen molar-refractivity contribution in [3.63, 3.8) is 0 Å². The molecular formula is C25H26N6O. The molecule has 1 amide bonds. The van der Waals surface area contributed by atoms with Gasteiger partial charge in [0.1, 0.15) is 16.9 Å². The average molecular weight is 427 g/mol. The Labute approximate surface area is 186 Å². The van der Waals surface area contributed by atoms with E-state index < -0.39 is 0 Å². The summed E-state index contributed by atoms with van der Waals surface area (Å²) in [5.41, 5.74) is 11.3. The van der Waals surface area contributed by atoms with Gasteiger partial charge in [-0.15, -0.1) is 0 Å². The Hall–Kier alpha value is -3.74. The number of benzene rings is 2. The predicted octanol–water partition coefficient (Wildman–Crippen LogP) is 4.42. The highest BCUT2D eigenvalue weighted by Crippen LogP contribution is 2.28. The standard InChI is InChI=1S/C25H26N6O/c1-16-11-13-17(14-12-16)15-27-31-23(26)21(25(32)28-18-7-3-2-4-8-18)22-24(31)30-20-10-6-5-9-19(20)29-22/h5-6,9-15,18H,2-4,7-8,26H2,1H3,(H,28,32). The number of nitrogens with two attached hydrogens (primary N) is 1. The van der Waals surface area contributed by atoms with Crippen LogP contribution in [-0.4, -0.2) is 32.8 Å². The van der Waals surface area contributed by atoms with Crippen LogP contribution in [0.25, 0.3) is 22.2 Å². The van der Waals surface area contributed by atoms with Crippen LogP contribution in [0.1, 0.15) is 53.6 Å². The van der Waals surface area contributed by atoms with E-state index in [1.807, 2.05) is 55.5 Å². The molecule has 1 aliphatic carbocycles. The number of hydrogen-bond donors (Lipinski definition) is 2. The molecule has 0 saturated heterocycles. The van der Waals surface area contributed by atoms with E-state index in [0.29, 0.717) is 22.2 Å². The minimum absolute atomic E-state index is 0.165. The minimum Gasteiger partial charge on any atom is -0.383 e. The summed E-state index contributed by atoms with van der Waals surface area (Å²) in [6.45, 7) is 2.04. The second-order valence-electron chi connectivity index (χ2n) is 8.42. The highest BCUT2D eigenvalue weighted by atomic mass is 16.1. The highest BCUT2D eigenvalue weighted by molar-refractivity contribution is 6.10. The fourth-order valence-electron chi connectivity index (χ4n) is 4.27. The summed E-state index contributed by atoms with van der Waals surface area (Å²) in [6, 6.07) is 15.8. The van der Waals surface area contributed by atoms with Gasteiger partial charge in [0.25, 0.3) is 5.91 Å². The molecule has 7 nitrogen and oxygen atoms in total. The van der Waals surface area contributed by atoms with Crippen LogP contribution >= 0.6 is 0 Å². The molecule has 0 aliphatic heterocycles. The molecule has 1 saturated carbocycles. The van der Waals surface area contributed by atoms with E-state index in [1.54, 1.807) is 6.21 Å². The molecule has 2 aromatic carbocycles. The van der Waals surface area contributed by atoms with Crippen LogP contribution in [-0.2, 0) is 0 Å². The lowest BCUT2D eigenvalue weighted by Crippen LogP contribution is -2.36. The molecule has 4 aromatic rings. The lowest BCUT2D eigenvalue weighted by atomic mass is 9.95. The van der Waals surface area contributed by atoms with Gasteiger partial charge < -0.3 is 11.1 Å². The Morgan fingerprint density at radius 3 is 2.47 bits per heavy atom. The molecular weight excluding hydrogens is 400 g/mol. The second kappa shape index (κ2) is 8.42. The summed E-state index contributed by atoms with van der Waals surface area (Å²) in [7, 11) is 0. The maximum atomic E-state index is 13.3. The van der Waals surface area contributed by atoms with Crippen molar-refractivity contribution in [1.82, 2.24) is 20.0 Å². The molecule has 3 N–H and O–H groups in total. The summed E-state index contributed by atoms with van der Waals surface area (Å²) in [6.07, 6.45) is 7.18. The Bertz CT molecular complexity index is 1320.